The molecule has 0 unspecified atom stereocenters. The molecule has 0 amide bonds. The van der Waals surface area contributed by atoms with E-state index in [4.69, 9.17) is 77.8 Å². The molecule has 0 radical (unpaired) electrons. The fourth-order valence-corrected chi connectivity index (χ4v) is 11.2. The van der Waals surface area contributed by atoms with Crippen LogP contribution in [-0.4, -0.2) is 87.7 Å². The zero-order valence-corrected chi connectivity index (χ0v) is 55.6. The van der Waals surface area contributed by atoms with Crippen molar-refractivity contribution in [2.24, 2.45) is 0 Å². The van der Waals surface area contributed by atoms with Crippen molar-refractivity contribution in [3.8, 4) is 91.5 Å². The summed E-state index contributed by atoms with van der Waals surface area (Å²) in [5.41, 5.74) is 3.89. The van der Waals surface area contributed by atoms with E-state index in [1.807, 2.05) is 36.4 Å². The summed E-state index contributed by atoms with van der Waals surface area (Å²) in [6, 6.07) is 13.9. The van der Waals surface area contributed by atoms with Gasteiger partial charge in [-0.05, 0) is 31.4 Å². The van der Waals surface area contributed by atoms with Gasteiger partial charge in [0, 0.05) is 0 Å². The number of nitrogens with zero attached hydrogens (tertiary/aromatic N) is 8. The van der Waals surface area contributed by atoms with E-state index in [1.165, 1.54) is 0 Å². The van der Waals surface area contributed by atoms with Gasteiger partial charge in [0.1, 0.15) is 5.75 Å². The average Bonchev–Trinajstić information content (AvgIpc) is 3.82. The third kappa shape index (κ3) is 14.2. The first-order valence-electron chi connectivity index (χ1n) is 30.3. The molecule has 2 aliphatic heterocycles. The van der Waals surface area contributed by atoms with Crippen LogP contribution in [-0.2, 0) is 19.5 Å². The van der Waals surface area contributed by atoms with E-state index in [2.05, 4.69) is 66.4 Å². The summed E-state index contributed by atoms with van der Waals surface area (Å²) in [5.74, 6) is 6.27. The third-order valence-corrected chi connectivity index (χ3v) is 16.3. The van der Waals surface area contributed by atoms with Crippen molar-refractivity contribution in [3.05, 3.63) is 46.0 Å². The standard InChI is InChI=1S/C65H82IN8O8.Zn/c1-10-18-32-75-42-26-27-43(76-33-19-11-2)50-49(42)58-67-59(50)69-61-53-46(79-36-22-14-5)30-31-47(80-37-23-15-6)54(53)63(71-61)73-65-56-55(48(81-38-24-16-7)40-41(66-9)57(56)82-39-25-17-8)64(74-65)72-62-52-45(78-35-21-13-4)29-28-44(77-34-20-12-3)51(52)60(68-58)70-62;/h26-31,40H,10-25,32-39H2,1-9H3;/q-3;+2. The van der Waals surface area contributed by atoms with Crippen LogP contribution >= 0.6 is 0 Å². The number of unbranched alkanes of at least 4 members (excludes halogenated alkanes) is 8. The van der Waals surface area contributed by atoms with Crippen LogP contribution in [0, 0.1) is 3.57 Å². The Kier molecular flexibility index (Phi) is 23.7. The number of ether oxygens (including phenoxy) is 8. The fourth-order valence-electron chi connectivity index (χ4n) is 9.69. The molecule has 8 bridgehead atoms. The molecule has 0 aliphatic carbocycles. The largest absolute Gasteiger partial charge is 2.00 e. The number of aromatic nitrogens is 8. The minimum absolute atomic E-state index is 0. The van der Waals surface area contributed by atoms with Gasteiger partial charge in [0.25, 0.3) is 0 Å². The first kappa shape index (κ1) is 63.0. The van der Waals surface area contributed by atoms with Gasteiger partial charge in [0.2, 0.25) is 0 Å². The second-order valence-electron chi connectivity index (χ2n) is 20.7. The Hall–Kier alpha value is -6.01. The minimum atomic E-state index is -0.557. The van der Waals surface area contributed by atoms with E-state index in [-0.39, 0.29) is 19.5 Å². The van der Waals surface area contributed by atoms with Crippen molar-refractivity contribution in [2.75, 3.05) is 57.8 Å². The Labute approximate surface area is 512 Å². The van der Waals surface area contributed by atoms with Gasteiger partial charge in [0.05, 0.1) is 13.2 Å². The molecular weight excluding hydrogens is 1210 g/mol. The normalized spacial score (nSPS) is 11.6. The van der Waals surface area contributed by atoms with Gasteiger partial charge in [-0.3, -0.25) is 0 Å². The molecule has 0 saturated carbocycles. The Bertz CT molecular complexity index is 3460. The van der Waals surface area contributed by atoms with Crippen LogP contribution in [0.2, 0.25) is 0 Å². The molecule has 4 aromatic carbocycles. The second kappa shape index (κ2) is 31.2. The van der Waals surface area contributed by atoms with Gasteiger partial charge in [0.15, 0.2) is 0 Å². The summed E-state index contributed by atoms with van der Waals surface area (Å²) in [7, 11) is 0. The molecule has 83 heavy (non-hydrogen) atoms. The van der Waals surface area contributed by atoms with Crippen molar-refractivity contribution in [1.82, 2.24) is 39.9 Å². The summed E-state index contributed by atoms with van der Waals surface area (Å²) in [4.78, 5) is 46.1. The first-order chi connectivity index (χ1) is 40.3. The maximum Gasteiger partial charge on any atom is 2.00 e. The molecule has 0 fully saturated rings. The molecule has 16 nitrogen and oxygen atoms in total. The Morgan fingerprint density at radius 2 is 0.578 bits per heavy atom. The van der Waals surface area contributed by atoms with Crippen LogP contribution < -0.4 is 69.1 Å². The topological polar surface area (TPSA) is 179 Å². The van der Waals surface area contributed by atoms with Crippen molar-refractivity contribution >= 4 is 44.1 Å². The Morgan fingerprint density at radius 1 is 0.325 bits per heavy atom. The molecule has 3 aromatic heterocycles. The summed E-state index contributed by atoms with van der Waals surface area (Å²) < 4.78 is 55.1. The minimum Gasteiger partial charge on any atom is 2.00 e. The van der Waals surface area contributed by atoms with Crippen molar-refractivity contribution in [3.63, 3.8) is 0 Å². The number of alkyl halides is 1. The van der Waals surface area contributed by atoms with E-state index in [0.717, 1.165) is 112 Å². The van der Waals surface area contributed by atoms with E-state index >= 15 is 0 Å². The number of hydrogen-bond donors (Lipinski definition) is 0. The average molecular weight is 1300 g/mol. The smallest absolute Gasteiger partial charge is 2.00 e. The molecule has 5 heterocycles. The number of benzene rings is 4. The number of fused-ring (bicyclic) bond motifs is 20. The third-order valence-electron chi connectivity index (χ3n) is 14.3. The van der Waals surface area contributed by atoms with Crippen LogP contribution in [0.15, 0.2) is 42.5 Å². The predicted octanol–water partition coefficient (Wildman–Crippen LogP) is 12.4. The number of halogens is 1. The SMILES string of the molecule is CCCCOc1ccc(OCCCC)c2c1-c1nc-2nc2[n-]c(nc3nc(nc4[n-]c(n1)c1c(OCCCC)ccc(OCCCC)c41)-c1c(OCCCC)ccc(OCCCC)c1-3)c1c(OCCCC)c([I-]C)cc(OCCCC)c21.[Zn+2]. The molecule has 18 heteroatoms. The van der Waals surface area contributed by atoms with Gasteiger partial charge in [-0.25, -0.2) is 0 Å². The summed E-state index contributed by atoms with van der Waals surface area (Å²) in [6.07, 6.45) is 14.4. The predicted molar refractivity (Wildman–Crippen MR) is 322 cm³/mol. The molecular formula is C65H82IN8O8Zn-. The fraction of sp³-hybridized carbons (Fsp3) is 0.508. The van der Waals surface area contributed by atoms with Crippen LogP contribution in [0.3, 0.4) is 0 Å². The van der Waals surface area contributed by atoms with E-state index in [0.29, 0.717) is 183 Å². The summed E-state index contributed by atoms with van der Waals surface area (Å²) >= 11 is -0.557. The summed E-state index contributed by atoms with van der Waals surface area (Å²) in [6.45, 7) is 21.1. The molecule has 2 aliphatic rings. The zero-order chi connectivity index (χ0) is 57.4. The van der Waals surface area contributed by atoms with Gasteiger partial charge in [-0.15, -0.1) is 0 Å². The molecule has 9 rings (SSSR count). The number of hydrogen-bond acceptors (Lipinski definition) is 14. The maximum atomic E-state index is 6.93. The zero-order valence-electron chi connectivity index (χ0n) is 50.4. The maximum absolute atomic E-state index is 6.93. The Balaban J connectivity index is 0.00000900. The van der Waals surface area contributed by atoms with Gasteiger partial charge in [-0.2, -0.15) is 0 Å². The quantitative estimate of drug-likeness (QED) is 0.0164. The monoisotopic (exact) mass is 1290 g/mol. The molecule has 0 saturated heterocycles. The van der Waals surface area contributed by atoms with Crippen molar-refractivity contribution < 1.29 is 78.6 Å². The molecule has 0 N–H and O–H groups in total. The van der Waals surface area contributed by atoms with Crippen molar-refractivity contribution in [2.45, 2.75) is 158 Å². The van der Waals surface area contributed by atoms with E-state index in [1.54, 1.807) is 0 Å². The molecule has 7 aromatic rings. The first-order valence-corrected chi connectivity index (χ1v) is 33.5. The molecule has 440 valence electrons. The van der Waals surface area contributed by atoms with E-state index in [9.17, 15) is 0 Å². The van der Waals surface area contributed by atoms with E-state index < -0.39 is 21.2 Å². The van der Waals surface area contributed by atoms with Gasteiger partial charge in [-0.1, -0.05) is 73.6 Å². The molecule has 0 atom stereocenters. The van der Waals surface area contributed by atoms with Crippen molar-refractivity contribution in [1.29, 1.82) is 0 Å². The molecule has 0 spiro atoms. The summed E-state index contributed by atoms with van der Waals surface area (Å²) in [5, 5.41) is 2.60. The second-order valence-corrected chi connectivity index (χ2v) is 22.9. The van der Waals surface area contributed by atoms with Crippen LogP contribution in [0.1, 0.15) is 158 Å². The number of rotatable bonds is 33. The van der Waals surface area contributed by atoms with Crippen LogP contribution in [0.5, 0.6) is 46.0 Å². The van der Waals surface area contributed by atoms with Crippen LogP contribution in [0.4, 0.5) is 0 Å². The van der Waals surface area contributed by atoms with Crippen LogP contribution in [0.25, 0.3) is 89.7 Å². The van der Waals surface area contributed by atoms with Gasteiger partial charge >= 0.3 is 383 Å². The van der Waals surface area contributed by atoms with Gasteiger partial charge < -0.3 is 9.47 Å². The Morgan fingerprint density at radius 3 is 0.880 bits per heavy atom.